The molecular weight excluding hydrogens is 416 g/mol. The molecule has 0 radical (unpaired) electrons. The quantitative estimate of drug-likeness (QED) is 0.430. The number of hydrazine groups is 1. The fourth-order valence-corrected chi connectivity index (χ4v) is 5.40. The molecule has 4 amide bonds. The summed E-state index contributed by atoms with van der Waals surface area (Å²) < 4.78 is 6.19. The van der Waals surface area contributed by atoms with Crippen LogP contribution in [-0.4, -0.2) is 63.6 Å². The lowest BCUT2D eigenvalue weighted by Gasteiger charge is -2.30. The maximum atomic E-state index is 12.7. The highest BCUT2D eigenvalue weighted by Gasteiger charge is 2.52. The molecule has 1 aromatic heterocycles. The molecule has 0 unspecified atom stereocenters. The first kappa shape index (κ1) is 20.4. The van der Waals surface area contributed by atoms with E-state index in [-0.39, 0.29) is 17.8 Å². The molecule has 0 aromatic carbocycles. The number of rotatable bonds is 7. The summed E-state index contributed by atoms with van der Waals surface area (Å²) in [7, 11) is 0. The Bertz CT molecular complexity index is 776. The van der Waals surface area contributed by atoms with Gasteiger partial charge in [0, 0.05) is 13.2 Å². The number of carbonyl (C=O) groups is 3. The second kappa shape index (κ2) is 8.84. The number of anilines is 1. The Kier molecular flexibility index (Phi) is 6.20. The van der Waals surface area contributed by atoms with Gasteiger partial charge in [0.1, 0.15) is 5.54 Å². The van der Waals surface area contributed by atoms with Crippen molar-refractivity contribution in [3.63, 3.8) is 0 Å². The van der Waals surface area contributed by atoms with E-state index in [1.807, 2.05) is 0 Å². The first-order valence-corrected chi connectivity index (χ1v) is 11.6. The molecule has 2 saturated heterocycles. The smallest absolute Gasteiger partial charge is 0.344 e. The third kappa shape index (κ3) is 4.64. The minimum absolute atomic E-state index is 0.0322. The van der Waals surface area contributed by atoms with Crippen LogP contribution >= 0.6 is 23.1 Å². The number of carbonyl (C=O) groups excluding carboxylic acids is 3. The van der Waals surface area contributed by atoms with Gasteiger partial charge in [0.2, 0.25) is 11.0 Å². The van der Waals surface area contributed by atoms with Crippen molar-refractivity contribution in [3.05, 3.63) is 0 Å². The Balaban J connectivity index is 1.24. The van der Waals surface area contributed by atoms with Gasteiger partial charge in [0.25, 0.3) is 5.91 Å². The van der Waals surface area contributed by atoms with Crippen molar-refractivity contribution in [2.24, 2.45) is 0 Å². The van der Waals surface area contributed by atoms with Crippen molar-refractivity contribution >= 4 is 46.1 Å². The summed E-state index contributed by atoms with van der Waals surface area (Å²) in [4.78, 5) is 37.1. The van der Waals surface area contributed by atoms with Crippen LogP contribution < -0.4 is 16.1 Å². The van der Waals surface area contributed by atoms with E-state index in [9.17, 15) is 14.4 Å². The third-order valence-electron chi connectivity index (χ3n) is 5.34. The average Bonchev–Trinajstić information content (AvgIpc) is 3.44. The number of imide groups is 1. The fraction of sp³-hybridized carbons (Fsp3) is 0.706. The molecule has 1 aromatic rings. The highest BCUT2D eigenvalue weighted by molar-refractivity contribution is 8.01. The van der Waals surface area contributed by atoms with Crippen molar-refractivity contribution in [1.29, 1.82) is 0 Å². The zero-order valence-corrected chi connectivity index (χ0v) is 17.6. The van der Waals surface area contributed by atoms with Crippen molar-refractivity contribution in [1.82, 2.24) is 25.9 Å². The van der Waals surface area contributed by atoms with Crippen LogP contribution in [0, 0.1) is 0 Å². The predicted molar refractivity (Wildman–Crippen MR) is 107 cm³/mol. The molecule has 3 heterocycles. The summed E-state index contributed by atoms with van der Waals surface area (Å²) in [5.74, 6) is -0.766. The Hall–Kier alpha value is -1.92. The van der Waals surface area contributed by atoms with Gasteiger partial charge in [-0.15, -0.1) is 10.2 Å². The number of aromatic nitrogens is 2. The van der Waals surface area contributed by atoms with E-state index in [0.29, 0.717) is 28.9 Å². The van der Waals surface area contributed by atoms with Gasteiger partial charge in [-0.2, -0.15) is 5.01 Å². The highest BCUT2D eigenvalue weighted by Crippen LogP contribution is 2.33. The van der Waals surface area contributed by atoms with Crippen molar-refractivity contribution < 1.29 is 19.1 Å². The van der Waals surface area contributed by atoms with Crippen LogP contribution in [0.4, 0.5) is 9.93 Å². The van der Waals surface area contributed by atoms with Crippen LogP contribution in [0.15, 0.2) is 4.34 Å². The number of amides is 4. The van der Waals surface area contributed by atoms with Gasteiger partial charge >= 0.3 is 6.03 Å². The SMILES string of the molecule is O=C(CSc1nnc(NC[C@@H]2CCCO2)s1)NN1C(=O)NC2(CCCCC2)C1=O. The normalized spacial score (nSPS) is 23.4. The minimum Gasteiger partial charge on any atom is -0.376 e. The maximum Gasteiger partial charge on any atom is 0.344 e. The van der Waals surface area contributed by atoms with Gasteiger partial charge in [-0.1, -0.05) is 42.4 Å². The Morgan fingerprint density at radius 2 is 2.10 bits per heavy atom. The second-order valence-electron chi connectivity index (χ2n) is 7.43. The zero-order valence-electron chi connectivity index (χ0n) is 15.9. The molecule has 2 aliphatic heterocycles. The molecule has 12 heteroatoms. The van der Waals surface area contributed by atoms with Gasteiger partial charge in [0.15, 0.2) is 4.34 Å². The number of ether oxygens (including phenoxy) is 1. The lowest BCUT2D eigenvalue weighted by Crippen LogP contribution is -2.51. The molecule has 1 spiro atoms. The molecule has 1 aliphatic carbocycles. The van der Waals surface area contributed by atoms with E-state index >= 15 is 0 Å². The molecule has 3 N–H and O–H groups in total. The number of urea groups is 1. The number of hydrogen-bond donors (Lipinski definition) is 3. The average molecular weight is 441 g/mol. The lowest BCUT2D eigenvalue weighted by atomic mass is 9.82. The van der Waals surface area contributed by atoms with Gasteiger partial charge in [0.05, 0.1) is 11.9 Å². The minimum atomic E-state index is -0.849. The predicted octanol–water partition coefficient (Wildman–Crippen LogP) is 1.51. The summed E-state index contributed by atoms with van der Waals surface area (Å²) in [5.41, 5.74) is 1.58. The fourth-order valence-electron chi connectivity index (χ4n) is 3.85. The van der Waals surface area contributed by atoms with Crippen LogP contribution in [0.3, 0.4) is 0 Å². The number of nitrogens with zero attached hydrogens (tertiary/aromatic N) is 3. The molecule has 3 fully saturated rings. The molecule has 29 heavy (non-hydrogen) atoms. The van der Waals surface area contributed by atoms with Crippen LogP contribution in [0.25, 0.3) is 0 Å². The lowest BCUT2D eigenvalue weighted by molar-refractivity contribution is -0.139. The van der Waals surface area contributed by atoms with Crippen molar-refractivity contribution in [2.45, 2.75) is 60.9 Å². The Morgan fingerprint density at radius 1 is 1.28 bits per heavy atom. The van der Waals surface area contributed by atoms with Crippen LogP contribution in [0.1, 0.15) is 44.9 Å². The molecule has 0 bridgehead atoms. The van der Waals surface area contributed by atoms with E-state index in [4.69, 9.17) is 4.74 Å². The monoisotopic (exact) mass is 440 g/mol. The largest absolute Gasteiger partial charge is 0.376 e. The summed E-state index contributed by atoms with van der Waals surface area (Å²) in [6, 6.07) is -0.563. The van der Waals surface area contributed by atoms with Gasteiger partial charge in [-0.25, -0.2) is 4.79 Å². The van der Waals surface area contributed by atoms with Gasteiger partial charge < -0.3 is 15.4 Å². The topological polar surface area (TPSA) is 126 Å². The van der Waals surface area contributed by atoms with E-state index in [2.05, 4.69) is 26.3 Å². The Morgan fingerprint density at radius 3 is 2.86 bits per heavy atom. The van der Waals surface area contributed by atoms with Crippen LogP contribution in [0.2, 0.25) is 0 Å². The molecular formula is C17H24N6O4S2. The van der Waals surface area contributed by atoms with Crippen LogP contribution in [0.5, 0.6) is 0 Å². The third-order valence-corrected chi connectivity index (χ3v) is 7.36. The number of nitrogens with one attached hydrogen (secondary N) is 3. The van der Waals surface area contributed by atoms with Crippen molar-refractivity contribution in [3.8, 4) is 0 Å². The van der Waals surface area contributed by atoms with Gasteiger partial charge in [-0.05, 0) is 25.7 Å². The highest BCUT2D eigenvalue weighted by atomic mass is 32.2. The maximum absolute atomic E-state index is 12.7. The van der Waals surface area contributed by atoms with Gasteiger partial charge in [-0.3, -0.25) is 15.0 Å². The van der Waals surface area contributed by atoms with E-state index in [1.54, 1.807) is 0 Å². The first-order chi connectivity index (χ1) is 14.1. The summed E-state index contributed by atoms with van der Waals surface area (Å²) in [6.07, 6.45) is 6.40. The zero-order chi connectivity index (χ0) is 20.3. The summed E-state index contributed by atoms with van der Waals surface area (Å²) in [6.45, 7) is 1.49. The van der Waals surface area contributed by atoms with E-state index in [1.165, 1.54) is 23.1 Å². The molecule has 158 valence electrons. The van der Waals surface area contributed by atoms with E-state index < -0.39 is 17.5 Å². The second-order valence-corrected chi connectivity index (χ2v) is 9.63. The summed E-state index contributed by atoms with van der Waals surface area (Å²) >= 11 is 2.57. The summed E-state index contributed by atoms with van der Waals surface area (Å²) in [5, 5.41) is 15.6. The Labute approximate surface area is 176 Å². The number of hydrogen-bond acceptors (Lipinski definition) is 9. The van der Waals surface area contributed by atoms with E-state index in [0.717, 1.165) is 43.7 Å². The molecule has 1 saturated carbocycles. The molecule has 3 aliphatic rings. The van der Waals surface area contributed by atoms with Crippen LogP contribution in [-0.2, 0) is 14.3 Å². The molecule has 10 nitrogen and oxygen atoms in total. The molecule has 1 atom stereocenters. The molecule has 4 rings (SSSR count). The number of thioether (sulfide) groups is 1. The van der Waals surface area contributed by atoms with Crippen molar-refractivity contribution in [2.75, 3.05) is 24.2 Å². The first-order valence-electron chi connectivity index (χ1n) is 9.84. The standard InChI is InChI=1S/C17H24N6O4S2/c24-12(22-23-13(25)17(19-15(23)26)6-2-1-3-7-17)10-28-16-21-20-14(29-16)18-9-11-5-4-8-27-11/h11H,1-10H2,(H,18,20)(H,19,26)(H,22,24)/t11-/m0/s1.